The van der Waals surface area contributed by atoms with Crippen molar-refractivity contribution in [3.63, 3.8) is 0 Å². The van der Waals surface area contributed by atoms with Crippen molar-refractivity contribution in [1.82, 2.24) is 0 Å². The number of hydrogen-bond donors (Lipinski definition) is 3. The summed E-state index contributed by atoms with van der Waals surface area (Å²) in [4.78, 5) is 23.2. The number of nitrogens with two attached hydrogens (primary N) is 1. The number of fused-ring (bicyclic) bond motifs is 7. The zero-order valence-corrected chi connectivity index (χ0v) is 60.6. The normalized spacial score (nSPS) is 18.1. The lowest BCUT2D eigenvalue weighted by atomic mass is 9.86. The Morgan fingerprint density at radius 2 is 0.693 bits per heavy atom. The molecule has 0 fully saturated rings. The molecule has 7 aromatic carbocycles. The number of carbonyl (C=O) groups is 2. The van der Waals surface area contributed by atoms with E-state index in [1.165, 1.54) is 98.0 Å². The lowest BCUT2D eigenvalue weighted by Gasteiger charge is -2.22. The van der Waals surface area contributed by atoms with Crippen LogP contribution in [0.2, 0.25) is 0 Å². The minimum atomic E-state index is -0.225. The van der Waals surface area contributed by atoms with E-state index in [9.17, 15) is 19.8 Å². The summed E-state index contributed by atoms with van der Waals surface area (Å²) in [6.45, 7) is 33.5. The van der Waals surface area contributed by atoms with Gasteiger partial charge in [-0.1, -0.05) is 283 Å². The summed E-state index contributed by atoms with van der Waals surface area (Å²) in [6, 6.07) is 48.7. The summed E-state index contributed by atoms with van der Waals surface area (Å²) in [5, 5.41) is 19.7. The molecule has 0 aromatic heterocycles. The Bertz CT molecular complexity index is 3550. The molecule has 5 nitrogen and oxygen atoms in total. The van der Waals surface area contributed by atoms with E-state index in [-0.39, 0.29) is 70.2 Å². The van der Waals surface area contributed by atoms with Gasteiger partial charge in [-0.3, -0.25) is 9.59 Å². The highest BCUT2D eigenvalue weighted by Crippen LogP contribution is 2.39. The summed E-state index contributed by atoms with van der Waals surface area (Å²) < 4.78 is 0. The standard InChI is InChI=1S/C13H18O.C13H16O.C13H18O.C13H16O.C13H18.C12H17N.C12H16.7CH4/c2*1-9(2)10-6-7-12-11(8-10)4-3-5-13(12)14;2*1-9(2)11-7-6-10-4-3-5-13(14)12(10)8-11;1-9(2)12-7-6-11-5-4-10(3)13(11)8-12;1-8(2)10-4-3-9-5-6-12(13)11(9)7-10;1-9(2)11-8-7-10-5-3-4-6-12(10)11;;;;;;;/h6-9,13-14H,3-5H2,1-2H3;6-9H,3-5H2,1-2H3;6-9,13-14H,3-5H2,1-2H3;6-9H,3-5H2,1-2H3;6-10H,4-5H2,1-3H3;3-4,7-8,12H,5-6,13H2,1-2H3;3-6,9,11H,7-8H2,1-2H3;7*1H4. The van der Waals surface area contributed by atoms with E-state index < -0.39 is 0 Å². The Morgan fingerprint density at radius 1 is 0.317 bits per heavy atom. The predicted molar refractivity (Wildman–Crippen MR) is 445 cm³/mol. The van der Waals surface area contributed by atoms with Gasteiger partial charge in [0.15, 0.2) is 11.6 Å². The lowest BCUT2D eigenvalue weighted by molar-refractivity contribution is 0.0964. The number of Topliss-reactive ketones (excluding diaryl/α,β-unsaturated/α-hetero) is 2. The minimum absolute atomic E-state index is 0. The molecule has 4 N–H and O–H groups in total. The summed E-state index contributed by atoms with van der Waals surface area (Å²) in [7, 11) is 0. The molecular formula is C96H147NO4. The molecule has 7 aromatic rings. The van der Waals surface area contributed by atoms with Crippen LogP contribution in [-0.4, -0.2) is 21.8 Å². The fraction of sp³-hybridized carbons (Fsp3) is 0.542. The Labute approximate surface area is 621 Å². The molecule has 7 aliphatic carbocycles. The maximum atomic E-state index is 11.7. The molecule has 0 heterocycles. The smallest absolute Gasteiger partial charge is 0.163 e. The number of ketones is 2. The van der Waals surface area contributed by atoms with Crippen molar-refractivity contribution in [1.29, 1.82) is 0 Å². The van der Waals surface area contributed by atoms with Gasteiger partial charge in [0.1, 0.15) is 0 Å². The number of aryl methyl sites for hydroxylation is 7. The Morgan fingerprint density at radius 3 is 1.24 bits per heavy atom. The molecule has 0 amide bonds. The zero-order valence-electron chi connectivity index (χ0n) is 60.6. The van der Waals surface area contributed by atoms with Crippen LogP contribution in [0.15, 0.2) is 133 Å². The van der Waals surface area contributed by atoms with E-state index >= 15 is 0 Å². The van der Waals surface area contributed by atoms with E-state index in [2.05, 4.69) is 231 Å². The minimum Gasteiger partial charge on any atom is -0.388 e. The van der Waals surface area contributed by atoms with Crippen molar-refractivity contribution in [3.8, 4) is 0 Å². The third-order valence-electron chi connectivity index (χ3n) is 21.3. The van der Waals surface area contributed by atoms with Gasteiger partial charge in [-0.05, 0) is 262 Å². The molecule has 5 unspecified atom stereocenters. The van der Waals surface area contributed by atoms with Crippen LogP contribution in [0.1, 0.15) is 413 Å². The number of aliphatic hydroxyl groups is 2. The van der Waals surface area contributed by atoms with Crippen LogP contribution < -0.4 is 5.73 Å². The highest BCUT2D eigenvalue weighted by atomic mass is 16.3. The number of hydrogen-bond acceptors (Lipinski definition) is 5. The van der Waals surface area contributed by atoms with Gasteiger partial charge in [-0.25, -0.2) is 0 Å². The Kier molecular flexibility index (Phi) is 40.2. The van der Waals surface area contributed by atoms with E-state index in [4.69, 9.17) is 5.73 Å². The van der Waals surface area contributed by atoms with Crippen molar-refractivity contribution < 1.29 is 19.8 Å². The molecule has 0 aliphatic heterocycles. The maximum absolute atomic E-state index is 11.7. The first-order valence-corrected chi connectivity index (χ1v) is 36.9. The monoisotopic (exact) mass is 1380 g/mol. The average Bonchev–Trinajstić information content (AvgIpc) is 1.78. The first-order chi connectivity index (χ1) is 44.9. The van der Waals surface area contributed by atoms with Crippen molar-refractivity contribution in [2.45, 2.75) is 337 Å². The number of aliphatic hydroxyl groups excluding tert-OH is 2. The Hall–Kier alpha value is -6.24. The van der Waals surface area contributed by atoms with Crippen LogP contribution in [0.25, 0.3) is 0 Å². The highest BCUT2D eigenvalue weighted by Gasteiger charge is 2.26. The SMILES string of the molecule is C.C.C.C.C.C.C.CC(C)C1CCc2ccccc21.CC(C)c1ccc2c(c1)C(=O)CCC2.CC(C)c1ccc2c(c1)C(C)CC2.CC(C)c1ccc2c(c1)C(N)CC2.CC(C)c1ccc2c(c1)C(O)CCC2.CC(C)c1ccc2c(c1)CCCC2=O.CC(C)c1ccc2c(c1)CCCC2O. The molecule has 0 saturated heterocycles. The van der Waals surface area contributed by atoms with Crippen LogP contribution in [-0.2, 0) is 44.9 Å². The molecular weight excluding hydrogens is 1230 g/mol. The average molecular weight is 1380 g/mol. The van der Waals surface area contributed by atoms with Gasteiger partial charge in [-0.2, -0.15) is 0 Å². The molecule has 5 atom stereocenters. The molecule has 0 bridgehead atoms. The molecule has 0 radical (unpaired) electrons. The second kappa shape index (κ2) is 43.8. The van der Waals surface area contributed by atoms with E-state index in [1.807, 2.05) is 6.07 Å². The second-order valence-electron chi connectivity index (χ2n) is 30.6. The van der Waals surface area contributed by atoms with Crippen LogP contribution in [0.3, 0.4) is 0 Å². The quantitative estimate of drug-likeness (QED) is 0.148. The molecule has 14 rings (SSSR count). The van der Waals surface area contributed by atoms with Gasteiger partial charge in [0, 0.05) is 30.0 Å². The third-order valence-corrected chi connectivity index (χ3v) is 21.3. The first kappa shape index (κ1) is 92.8. The predicted octanol–water partition coefficient (Wildman–Crippen LogP) is 27.5. The van der Waals surface area contributed by atoms with Gasteiger partial charge in [-0.15, -0.1) is 0 Å². The summed E-state index contributed by atoms with van der Waals surface area (Å²) in [5.74, 6) is 6.52. The lowest BCUT2D eigenvalue weighted by Crippen LogP contribution is -2.11. The topological polar surface area (TPSA) is 101 Å². The van der Waals surface area contributed by atoms with Crippen molar-refractivity contribution in [3.05, 3.63) is 245 Å². The van der Waals surface area contributed by atoms with Gasteiger partial charge in [0.25, 0.3) is 0 Å². The number of rotatable bonds is 7. The molecule has 5 heteroatoms. The molecule has 7 aliphatic rings. The van der Waals surface area contributed by atoms with Gasteiger partial charge in [0.05, 0.1) is 12.2 Å². The summed E-state index contributed by atoms with van der Waals surface area (Å²) in [5.41, 5.74) is 32.9. The van der Waals surface area contributed by atoms with Crippen molar-refractivity contribution >= 4 is 11.6 Å². The van der Waals surface area contributed by atoms with E-state index in [0.717, 1.165) is 124 Å². The van der Waals surface area contributed by atoms with Gasteiger partial charge >= 0.3 is 0 Å². The number of carbonyl (C=O) groups excluding carboxylic acids is 2. The fourth-order valence-electron chi connectivity index (χ4n) is 14.8. The maximum Gasteiger partial charge on any atom is 0.163 e. The first-order valence-electron chi connectivity index (χ1n) is 36.9. The van der Waals surface area contributed by atoms with Gasteiger partial charge in [0.2, 0.25) is 0 Å². The molecule has 0 saturated carbocycles. The largest absolute Gasteiger partial charge is 0.388 e. The van der Waals surface area contributed by atoms with Crippen LogP contribution >= 0.6 is 0 Å². The fourth-order valence-corrected chi connectivity index (χ4v) is 14.8. The second-order valence-corrected chi connectivity index (χ2v) is 30.6. The Balaban J connectivity index is 0.000000583. The molecule has 101 heavy (non-hydrogen) atoms. The zero-order chi connectivity index (χ0) is 67.9. The van der Waals surface area contributed by atoms with Gasteiger partial charge < -0.3 is 15.9 Å². The highest BCUT2D eigenvalue weighted by molar-refractivity contribution is 5.99. The molecule has 0 spiro atoms. The van der Waals surface area contributed by atoms with Crippen LogP contribution in [0.5, 0.6) is 0 Å². The van der Waals surface area contributed by atoms with Crippen LogP contribution in [0, 0.1) is 5.92 Å². The summed E-state index contributed by atoms with van der Waals surface area (Å²) >= 11 is 0. The van der Waals surface area contributed by atoms with E-state index in [1.54, 1.807) is 22.3 Å². The van der Waals surface area contributed by atoms with E-state index in [0.29, 0.717) is 47.1 Å². The summed E-state index contributed by atoms with van der Waals surface area (Å²) in [6.07, 6.45) is 19.1. The van der Waals surface area contributed by atoms with Crippen LogP contribution in [0.4, 0.5) is 0 Å². The molecule has 560 valence electrons. The third kappa shape index (κ3) is 25.0. The number of benzene rings is 7. The van der Waals surface area contributed by atoms with Crippen molar-refractivity contribution in [2.24, 2.45) is 11.7 Å². The van der Waals surface area contributed by atoms with Crippen molar-refractivity contribution in [2.75, 3.05) is 0 Å².